The molecule has 1 radical (unpaired) electrons. The molecule has 0 aliphatic carbocycles. The van der Waals surface area contributed by atoms with Gasteiger partial charge in [0.15, 0.2) is 0 Å². The van der Waals surface area contributed by atoms with Crippen LogP contribution in [0.1, 0.15) is 6.92 Å². The van der Waals surface area contributed by atoms with E-state index in [9.17, 15) is 50.4 Å². The molecule has 0 heterocycles. The van der Waals surface area contributed by atoms with Crippen molar-refractivity contribution in [2.75, 3.05) is 19.5 Å². The Kier molecular flexibility index (Phi) is 8.69. The molecule has 0 amide bonds. The molecule has 0 rings (SSSR count). The Morgan fingerprint density at radius 1 is 0.600 bits per heavy atom. The van der Waals surface area contributed by atoms with E-state index in [4.69, 9.17) is 0 Å². The molecular weight excluding hydrogens is 555 g/mol. The molecular formula is C4H11F12P3Re. The van der Waals surface area contributed by atoms with Crippen molar-refractivity contribution in [1.82, 2.24) is 0 Å². The Balaban J connectivity index is -0.0000000952. The average molecular weight is 566 g/mol. The largest absolute Gasteiger partial charge is 2.00 e. The molecule has 16 heteroatoms. The molecule has 0 saturated carbocycles. The second kappa shape index (κ2) is 5.96. The number of hydrogen-bond donors (Lipinski definition) is 0. The molecule has 20 heavy (non-hydrogen) atoms. The van der Waals surface area contributed by atoms with E-state index in [1.807, 2.05) is 0 Å². The summed E-state index contributed by atoms with van der Waals surface area (Å²) in [7, 11) is -20.9. The summed E-state index contributed by atoms with van der Waals surface area (Å²) in [6.07, 6.45) is 1.37. The maximum Gasteiger partial charge on any atom is 2.00 e. The minimum atomic E-state index is -10.7. The number of halogens is 12. The van der Waals surface area contributed by atoms with E-state index in [-0.39, 0.29) is 20.4 Å². The van der Waals surface area contributed by atoms with Gasteiger partial charge in [-0.25, -0.2) is 0 Å². The molecule has 0 atom stereocenters. The van der Waals surface area contributed by atoms with Crippen molar-refractivity contribution >= 4 is 23.5 Å². The fourth-order valence-electron chi connectivity index (χ4n) is 0. The molecule has 0 aromatic rings. The molecule has 0 spiro atoms. The molecule has 0 saturated heterocycles. The van der Waals surface area contributed by atoms with E-state index in [1.54, 1.807) is 0 Å². The molecule has 0 aromatic heterocycles. The van der Waals surface area contributed by atoms with Gasteiger partial charge in [-0.1, -0.05) is 6.92 Å². The summed E-state index contributed by atoms with van der Waals surface area (Å²) in [5.74, 6) is 0. The Hall–Kier alpha value is 1.11. The summed E-state index contributed by atoms with van der Waals surface area (Å²) < 4.78 is 118. The van der Waals surface area contributed by atoms with E-state index >= 15 is 0 Å². The monoisotopic (exact) mass is 567 g/mol. The first-order valence-corrected chi connectivity index (χ1v) is 10.4. The smallest absolute Gasteiger partial charge is 2.00 e. The fourth-order valence-corrected chi connectivity index (χ4v) is 0. The normalized spacial score (nSPS) is 18.6. The standard InChI is InChI=1S/C4H11P.2F6P.Re/c1-4-5(2)3;2*1-7(2,3,4,5)6;/h4H2,1-3H3;;;/q;2*-1;+2. The summed E-state index contributed by atoms with van der Waals surface area (Å²) >= 11 is 0. The van der Waals surface area contributed by atoms with Crippen LogP contribution in [-0.4, -0.2) is 19.5 Å². The van der Waals surface area contributed by atoms with Crippen LogP contribution in [-0.2, 0) is 20.4 Å². The molecule has 0 aliphatic rings. The van der Waals surface area contributed by atoms with Gasteiger partial charge in [0.1, 0.15) is 0 Å². The van der Waals surface area contributed by atoms with Crippen LogP contribution in [0.25, 0.3) is 0 Å². The van der Waals surface area contributed by atoms with Crippen LogP contribution in [0.2, 0.25) is 0 Å². The minimum absolute atomic E-state index is 0. The Morgan fingerprint density at radius 2 is 0.650 bits per heavy atom. The molecule has 0 bridgehead atoms. The number of hydrogen-bond acceptors (Lipinski definition) is 0. The van der Waals surface area contributed by atoms with Gasteiger partial charge in [0.05, 0.1) is 0 Å². The zero-order chi connectivity index (χ0) is 17.1. The van der Waals surface area contributed by atoms with Crippen LogP contribution in [0.4, 0.5) is 50.4 Å². The molecule has 133 valence electrons. The van der Waals surface area contributed by atoms with Crippen molar-refractivity contribution in [3.05, 3.63) is 0 Å². The van der Waals surface area contributed by atoms with Crippen molar-refractivity contribution < 1.29 is 70.8 Å². The summed E-state index contributed by atoms with van der Waals surface area (Å²) in [6, 6.07) is 0. The van der Waals surface area contributed by atoms with E-state index < -0.39 is 15.6 Å². The first kappa shape index (κ1) is 29.2. The van der Waals surface area contributed by atoms with Crippen molar-refractivity contribution in [2.24, 2.45) is 0 Å². The van der Waals surface area contributed by atoms with Crippen LogP contribution in [0.3, 0.4) is 0 Å². The molecule has 0 aromatic carbocycles. The van der Waals surface area contributed by atoms with Crippen molar-refractivity contribution in [3.8, 4) is 0 Å². The molecule has 0 N–H and O–H groups in total. The predicted octanol–water partition coefficient (Wildman–Crippen LogP) is 8.51. The minimum Gasteiger partial charge on any atom is 2.00 e. The van der Waals surface area contributed by atoms with Gasteiger partial charge in [-0.05, 0) is 19.5 Å². The van der Waals surface area contributed by atoms with Crippen LogP contribution in [0.15, 0.2) is 0 Å². The van der Waals surface area contributed by atoms with Crippen LogP contribution in [0, 0.1) is 0 Å². The average Bonchev–Trinajstić information content (AvgIpc) is 1.71. The van der Waals surface area contributed by atoms with Crippen LogP contribution in [0.5, 0.6) is 0 Å². The Bertz CT molecular complexity index is 227. The van der Waals surface area contributed by atoms with Gasteiger partial charge in [0.2, 0.25) is 0 Å². The molecule has 0 nitrogen and oxygen atoms in total. The first-order chi connectivity index (χ1) is 7.17. The third-order valence-corrected chi connectivity index (χ3v) is 1.90. The number of rotatable bonds is 1. The maximum absolute atomic E-state index is 10.7. The van der Waals surface area contributed by atoms with E-state index in [1.165, 1.54) is 6.16 Å². The van der Waals surface area contributed by atoms with E-state index in [0.29, 0.717) is 7.92 Å². The fraction of sp³-hybridized carbons (Fsp3) is 1.00. The summed E-state index contributed by atoms with van der Waals surface area (Å²) in [4.78, 5) is 0. The molecule has 0 unspecified atom stereocenters. The predicted molar refractivity (Wildman–Crippen MR) is 56.4 cm³/mol. The molecule has 0 fully saturated rings. The second-order valence-electron chi connectivity index (χ2n) is 3.31. The first-order valence-electron chi connectivity index (χ1n) is 3.95. The van der Waals surface area contributed by atoms with Crippen molar-refractivity contribution in [2.45, 2.75) is 6.92 Å². The zero-order valence-electron chi connectivity index (χ0n) is 9.96. The van der Waals surface area contributed by atoms with Crippen LogP contribution < -0.4 is 0 Å². The Labute approximate surface area is 121 Å². The summed E-state index contributed by atoms with van der Waals surface area (Å²) in [5.41, 5.74) is 0. The second-order valence-corrected chi connectivity index (χ2v) is 9.94. The van der Waals surface area contributed by atoms with Gasteiger partial charge >= 0.3 is 86.4 Å². The van der Waals surface area contributed by atoms with Gasteiger partial charge < -0.3 is 0 Å². The third-order valence-electron chi connectivity index (χ3n) is 0.632. The van der Waals surface area contributed by atoms with Crippen molar-refractivity contribution in [1.29, 1.82) is 0 Å². The van der Waals surface area contributed by atoms with Gasteiger partial charge in [-0.15, -0.1) is 7.92 Å². The van der Waals surface area contributed by atoms with Gasteiger partial charge in [-0.3, -0.25) is 0 Å². The quantitative estimate of drug-likeness (QED) is 0.221. The zero-order valence-corrected chi connectivity index (χ0v) is 15.4. The third kappa shape index (κ3) is 647. The Morgan fingerprint density at radius 3 is 0.650 bits per heavy atom. The van der Waals surface area contributed by atoms with Crippen molar-refractivity contribution in [3.63, 3.8) is 0 Å². The van der Waals surface area contributed by atoms with Crippen LogP contribution >= 0.6 is 23.5 Å². The maximum atomic E-state index is 9.87. The van der Waals surface area contributed by atoms with Gasteiger partial charge in [0.25, 0.3) is 0 Å². The van der Waals surface area contributed by atoms with Gasteiger partial charge in [-0.2, -0.15) is 0 Å². The molecule has 0 aliphatic heterocycles. The summed E-state index contributed by atoms with van der Waals surface area (Å²) in [5, 5.41) is 0. The van der Waals surface area contributed by atoms with E-state index in [2.05, 4.69) is 20.3 Å². The SMILES string of the molecule is CCP(C)C.F[P-](F)(F)(F)(F)F.F[P-](F)(F)(F)(F)F.[Re+2]. The topological polar surface area (TPSA) is 0 Å². The van der Waals surface area contributed by atoms with E-state index in [0.717, 1.165) is 0 Å². The van der Waals surface area contributed by atoms with Gasteiger partial charge in [0, 0.05) is 0 Å². The summed E-state index contributed by atoms with van der Waals surface area (Å²) in [6.45, 7) is 6.80.